The van der Waals surface area contributed by atoms with Crippen LogP contribution in [-0.2, 0) is 6.42 Å². The zero-order chi connectivity index (χ0) is 27.1. The van der Waals surface area contributed by atoms with E-state index >= 15 is 0 Å². The Kier molecular flexibility index (Phi) is 9.07. The van der Waals surface area contributed by atoms with Crippen LogP contribution >= 0.6 is 23.2 Å². The van der Waals surface area contributed by atoms with E-state index in [1.54, 1.807) is 48.5 Å². The highest BCUT2D eigenvalue weighted by molar-refractivity contribution is 6.40. The van der Waals surface area contributed by atoms with Gasteiger partial charge in [-0.15, -0.1) is 0 Å². The van der Waals surface area contributed by atoms with Gasteiger partial charge in [0.2, 0.25) is 0 Å². The maximum Gasteiger partial charge on any atom is 0.274 e. The molecule has 0 fully saturated rings. The van der Waals surface area contributed by atoms with E-state index < -0.39 is 11.8 Å². The van der Waals surface area contributed by atoms with E-state index in [9.17, 15) is 9.59 Å². The fourth-order valence-electron chi connectivity index (χ4n) is 3.81. The van der Waals surface area contributed by atoms with Gasteiger partial charge in [-0.05, 0) is 63.8 Å². The standard InChI is InChI=1S/C29H27Cl2N5O2/c1-36(2)17-9-12-20-18-25(33-27(32-20)19-10-4-3-5-11-19)29(38)34-24-16-7-6-13-21(24)28(37)35-26-22(30)14-8-15-23(26)31/h3-8,10-11,13-16,18H,9,12,17H2,1-2H3,(H,34,38)(H,35,37). The average Bonchev–Trinajstić information content (AvgIpc) is 2.91. The molecule has 2 amide bonds. The molecule has 0 saturated carbocycles. The summed E-state index contributed by atoms with van der Waals surface area (Å²) in [5.74, 6) is -0.445. The number of rotatable bonds is 9. The quantitative estimate of drug-likeness (QED) is 0.251. The number of amides is 2. The first-order valence-corrected chi connectivity index (χ1v) is 12.8. The third-order valence-corrected chi connectivity index (χ3v) is 6.33. The number of carbonyl (C=O) groups excluding carboxylic acids is 2. The molecule has 4 aromatic rings. The first-order chi connectivity index (χ1) is 18.3. The number of halogens is 2. The van der Waals surface area contributed by atoms with E-state index in [2.05, 4.69) is 20.5 Å². The van der Waals surface area contributed by atoms with Crippen molar-refractivity contribution in [2.24, 2.45) is 0 Å². The molecule has 1 heterocycles. The molecule has 0 bridgehead atoms. The van der Waals surface area contributed by atoms with Crippen LogP contribution < -0.4 is 10.6 Å². The smallest absolute Gasteiger partial charge is 0.274 e. The number of nitrogens with zero attached hydrogens (tertiary/aromatic N) is 3. The Morgan fingerprint density at radius 2 is 1.50 bits per heavy atom. The highest BCUT2D eigenvalue weighted by atomic mass is 35.5. The Labute approximate surface area is 231 Å². The second-order valence-corrected chi connectivity index (χ2v) is 9.71. The van der Waals surface area contributed by atoms with Gasteiger partial charge in [0, 0.05) is 11.3 Å². The van der Waals surface area contributed by atoms with Crippen LogP contribution in [0.2, 0.25) is 10.0 Å². The Morgan fingerprint density at radius 1 is 0.816 bits per heavy atom. The summed E-state index contributed by atoms with van der Waals surface area (Å²) in [7, 11) is 4.03. The van der Waals surface area contributed by atoms with Crippen molar-refractivity contribution in [3.8, 4) is 11.4 Å². The van der Waals surface area contributed by atoms with Gasteiger partial charge < -0.3 is 15.5 Å². The van der Waals surface area contributed by atoms with Crippen LogP contribution in [0.3, 0.4) is 0 Å². The third kappa shape index (κ3) is 6.95. The topological polar surface area (TPSA) is 87.2 Å². The molecule has 0 aliphatic heterocycles. The predicted octanol–water partition coefficient (Wildman–Crippen LogP) is 6.45. The molecule has 7 nitrogen and oxygen atoms in total. The van der Waals surface area contributed by atoms with Gasteiger partial charge in [0.05, 0.1) is 27.0 Å². The maximum atomic E-state index is 13.4. The molecule has 1 aromatic heterocycles. The summed E-state index contributed by atoms with van der Waals surface area (Å²) >= 11 is 12.4. The molecule has 0 spiro atoms. The number of aryl methyl sites for hydroxylation is 1. The summed E-state index contributed by atoms with van der Waals surface area (Å²) in [6, 6.07) is 22.9. The van der Waals surface area contributed by atoms with Gasteiger partial charge in [0.1, 0.15) is 5.69 Å². The number of anilines is 2. The minimum absolute atomic E-state index is 0.211. The van der Waals surface area contributed by atoms with Crippen molar-refractivity contribution in [2.45, 2.75) is 12.8 Å². The molecular weight excluding hydrogens is 521 g/mol. The highest BCUT2D eigenvalue weighted by Crippen LogP contribution is 2.31. The van der Waals surface area contributed by atoms with Crippen molar-refractivity contribution in [3.63, 3.8) is 0 Å². The van der Waals surface area contributed by atoms with Crippen LogP contribution in [0.1, 0.15) is 33.0 Å². The Morgan fingerprint density at radius 3 is 2.21 bits per heavy atom. The van der Waals surface area contributed by atoms with Crippen LogP contribution in [0.5, 0.6) is 0 Å². The molecule has 0 unspecified atom stereocenters. The third-order valence-electron chi connectivity index (χ3n) is 5.70. The lowest BCUT2D eigenvalue weighted by Crippen LogP contribution is -2.20. The largest absolute Gasteiger partial charge is 0.320 e. The van der Waals surface area contributed by atoms with E-state index in [1.165, 1.54) is 0 Å². The van der Waals surface area contributed by atoms with E-state index in [0.29, 0.717) is 33.7 Å². The fourth-order valence-corrected chi connectivity index (χ4v) is 4.30. The van der Waals surface area contributed by atoms with Gasteiger partial charge in [-0.3, -0.25) is 9.59 Å². The summed E-state index contributed by atoms with van der Waals surface area (Å²) in [5.41, 5.74) is 2.67. The number of carbonyl (C=O) groups is 2. The Balaban J connectivity index is 1.61. The number of nitrogens with one attached hydrogen (secondary N) is 2. The summed E-state index contributed by atoms with van der Waals surface area (Å²) < 4.78 is 0. The van der Waals surface area contributed by atoms with Crippen LogP contribution in [0.25, 0.3) is 11.4 Å². The van der Waals surface area contributed by atoms with Crippen molar-refractivity contribution in [1.82, 2.24) is 14.9 Å². The summed E-state index contributed by atoms with van der Waals surface area (Å²) in [5, 5.41) is 6.19. The normalized spacial score (nSPS) is 10.9. The molecule has 38 heavy (non-hydrogen) atoms. The molecule has 9 heteroatoms. The second-order valence-electron chi connectivity index (χ2n) is 8.89. The summed E-state index contributed by atoms with van der Waals surface area (Å²) in [6.07, 6.45) is 1.57. The number of hydrogen-bond donors (Lipinski definition) is 2. The van der Waals surface area contributed by atoms with Crippen molar-refractivity contribution in [2.75, 3.05) is 31.3 Å². The Bertz CT molecular complexity index is 1420. The van der Waals surface area contributed by atoms with Gasteiger partial charge in [-0.2, -0.15) is 0 Å². The molecule has 2 N–H and O–H groups in total. The van der Waals surface area contributed by atoms with E-state index in [4.69, 9.17) is 28.2 Å². The lowest BCUT2D eigenvalue weighted by atomic mass is 10.1. The van der Waals surface area contributed by atoms with Crippen LogP contribution in [0, 0.1) is 0 Å². The molecule has 0 radical (unpaired) electrons. The molecule has 0 saturated heterocycles. The van der Waals surface area contributed by atoms with Crippen molar-refractivity contribution < 1.29 is 9.59 Å². The maximum absolute atomic E-state index is 13.4. The van der Waals surface area contributed by atoms with Gasteiger partial charge >= 0.3 is 0 Å². The van der Waals surface area contributed by atoms with Crippen molar-refractivity contribution >= 4 is 46.4 Å². The molecule has 0 aliphatic carbocycles. The van der Waals surface area contributed by atoms with Gasteiger partial charge in [0.25, 0.3) is 11.8 Å². The lowest BCUT2D eigenvalue weighted by molar-refractivity contribution is 0.102. The minimum Gasteiger partial charge on any atom is -0.320 e. The van der Waals surface area contributed by atoms with Crippen LogP contribution in [0.15, 0.2) is 78.9 Å². The summed E-state index contributed by atoms with van der Waals surface area (Å²) in [6.45, 7) is 0.893. The van der Waals surface area contributed by atoms with E-state index in [-0.39, 0.29) is 11.3 Å². The van der Waals surface area contributed by atoms with Gasteiger partial charge in [0.15, 0.2) is 5.82 Å². The van der Waals surface area contributed by atoms with Gasteiger partial charge in [-0.25, -0.2) is 9.97 Å². The van der Waals surface area contributed by atoms with Crippen molar-refractivity contribution in [1.29, 1.82) is 0 Å². The molecule has 194 valence electrons. The van der Waals surface area contributed by atoms with Gasteiger partial charge in [-0.1, -0.05) is 71.7 Å². The molecule has 4 rings (SSSR count). The lowest BCUT2D eigenvalue weighted by Gasteiger charge is -2.14. The van der Waals surface area contributed by atoms with E-state index in [0.717, 1.165) is 24.2 Å². The highest BCUT2D eigenvalue weighted by Gasteiger charge is 2.19. The van der Waals surface area contributed by atoms with Crippen LogP contribution in [0.4, 0.5) is 11.4 Å². The minimum atomic E-state index is -0.465. The first kappa shape index (κ1) is 27.3. The zero-order valence-corrected chi connectivity index (χ0v) is 22.6. The molecular formula is C29H27Cl2N5O2. The molecule has 3 aromatic carbocycles. The van der Waals surface area contributed by atoms with Crippen LogP contribution in [-0.4, -0.2) is 47.3 Å². The number of para-hydroxylation sites is 2. The van der Waals surface area contributed by atoms with Crippen molar-refractivity contribution in [3.05, 3.63) is 106 Å². The number of aromatic nitrogens is 2. The first-order valence-electron chi connectivity index (χ1n) is 12.1. The second kappa shape index (κ2) is 12.6. The molecule has 0 aliphatic rings. The zero-order valence-electron chi connectivity index (χ0n) is 21.0. The fraction of sp³-hybridized carbons (Fsp3) is 0.172. The summed E-state index contributed by atoms with van der Waals surface area (Å²) in [4.78, 5) is 37.8. The Hall–Kier alpha value is -3.78. The predicted molar refractivity (Wildman–Crippen MR) is 153 cm³/mol. The average molecular weight is 548 g/mol. The number of hydrogen-bond acceptors (Lipinski definition) is 5. The number of benzene rings is 3. The molecule has 0 atom stereocenters. The monoisotopic (exact) mass is 547 g/mol. The van der Waals surface area contributed by atoms with E-state index in [1.807, 2.05) is 44.4 Å². The SMILES string of the molecule is CN(C)CCCc1cc(C(=O)Nc2ccccc2C(=O)Nc2c(Cl)cccc2Cl)nc(-c2ccccc2)n1.